The zero-order valence-corrected chi connectivity index (χ0v) is 17.8. The summed E-state index contributed by atoms with van der Waals surface area (Å²) in [5, 5.41) is 9.99. The molecule has 30 heavy (non-hydrogen) atoms. The lowest BCUT2D eigenvalue weighted by molar-refractivity contribution is 0.319. The van der Waals surface area contributed by atoms with Crippen LogP contribution in [0.4, 0.5) is 0 Å². The average molecular weight is 417 g/mol. The summed E-state index contributed by atoms with van der Waals surface area (Å²) in [6, 6.07) is 18.4. The molecule has 0 atom stereocenters. The molecule has 7 heteroatoms. The van der Waals surface area contributed by atoms with Crippen LogP contribution >= 0.6 is 11.8 Å². The van der Waals surface area contributed by atoms with Gasteiger partial charge >= 0.3 is 0 Å². The highest BCUT2D eigenvalue weighted by Gasteiger charge is 2.20. The van der Waals surface area contributed by atoms with Gasteiger partial charge in [0.1, 0.15) is 0 Å². The Morgan fingerprint density at radius 2 is 1.57 bits per heavy atom. The first-order chi connectivity index (χ1) is 14.8. The molecule has 0 N–H and O–H groups in total. The van der Waals surface area contributed by atoms with Gasteiger partial charge < -0.3 is 0 Å². The molecule has 0 saturated carbocycles. The Morgan fingerprint density at radius 1 is 0.867 bits per heavy atom. The normalized spacial score (nSPS) is 14.6. The molecule has 4 aromatic rings. The molecule has 6 nitrogen and oxygen atoms in total. The van der Waals surface area contributed by atoms with Gasteiger partial charge in [0.15, 0.2) is 11.0 Å². The Labute approximate surface area is 180 Å². The van der Waals surface area contributed by atoms with Crippen molar-refractivity contribution in [1.82, 2.24) is 29.6 Å². The molecule has 152 valence electrons. The van der Waals surface area contributed by atoms with Crippen LogP contribution < -0.4 is 0 Å². The quantitative estimate of drug-likeness (QED) is 0.434. The molecule has 1 fully saturated rings. The average Bonchev–Trinajstić information content (AvgIpc) is 3.43. The van der Waals surface area contributed by atoms with Crippen molar-refractivity contribution in [2.75, 3.05) is 13.1 Å². The number of nitrogens with zero attached hydrogens (tertiary/aromatic N) is 6. The van der Waals surface area contributed by atoms with E-state index in [1.165, 1.54) is 12.8 Å². The van der Waals surface area contributed by atoms with Crippen molar-refractivity contribution in [2.45, 2.75) is 37.2 Å². The molecule has 0 radical (unpaired) electrons. The van der Waals surface area contributed by atoms with Gasteiger partial charge in [-0.3, -0.25) is 9.47 Å². The van der Waals surface area contributed by atoms with Crippen LogP contribution in [0.5, 0.6) is 0 Å². The number of thioether (sulfide) groups is 1. The van der Waals surface area contributed by atoms with E-state index in [2.05, 4.69) is 43.9 Å². The van der Waals surface area contributed by atoms with Crippen LogP contribution in [0.3, 0.4) is 0 Å². The maximum absolute atomic E-state index is 4.83. The van der Waals surface area contributed by atoms with Crippen LogP contribution in [0, 0.1) is 6.92 Å². The molecule has 3 heterocycles. The molecule has 1 saturated heterocycles. The van der Waals surface area contributed by atoms with Gasteiger partial charge in [0.25, 0.3) is 0 Å². The third kappa shape index (κ3) is 3.95. The second kappa shape index (κ2) is 8.53. The second-order valence-corrected chi connectivity index (χ2v) is 8.53. The molecule has 2 aromatic carbocycles. The fraction of sp³-hybridized carbons (Fsp3) is 0.304. The minimum Gasteiger partial charge on any atom is -0.296 e. The van der Waals surface area contributed by atoms with Crippen molar-refractivity contribution < 1.29 is 0 Å². The number of aromatic nitrogens is 5. The minimum atomic E-state index is 0.707. The Bertz CT molecular complexity index is 1150. The van der Waals surface area contributed by atoms with Gasteiger partial charge in [-0.2, -0.15) is 0 Å². The highest BCUT2D eigenvalue weighted by Crippen LogP contribution is 2.27. The Hall–Kier alpha value is -2.77. The summed E-state index contributed by atoms with van der Waals surface area (Å²) < 4.78 is 2.19. The molecule has 0 spiro atoms. The van der Waals surface area contributed by atoms with E-state index in [9.17, 15) is 0 Å². The number of likely N-dealkylation sites (tertiary alicyclic amines) is 1. The molecule has 0 aliphatic carbocycles. The molecule has 0 unspecified atom stereocenters. The molecule has 5 rings (SSSR count). The minimum absolute atomic E-state index is 0.707. The Balaban J connectivity index is 1.44. The lowest BCUT2D eigenvalue weighted by Crippen LogP contribution is -2.21. The SMILES string of the molecule is Cc1nc2ccccc2nc1CSc1nnc(CN2CCCC2)n1-c1ccccc1. The predicted molar refractivity (Wildman–Crippen MR) is 120 cm³/mol. The van der Waals surface area contributed by atoms with Crippen LogP contribution in [-0.2, 0) is 12.3 Å². The molecule has 1 aliphatic heterocycles. The number of para-hydroxylation sites is 3. The van der Waals surface area contributed by atoms with Crippen molar-refractivity contribution in [3.05, 3.63) is 71.8 Å². The number of benzene rings is 2. The summed E-state index contributed by atoms with van der Waals surface area (Å²) in [5.74, 6) is 1.70. The van der Waals surface area contributed by atoms with E-state index < -0.39 is 0 Å². The van der Waals surface area contributed by atoms with Gasteiger partial charge in [-0.1, -0.05) is 42.1 Å². The van der Waals surface area contributed by atoms with Crippen molar-refractivity contribution in [2.24, 2.45) is 0 Å². The van der Waals surface area contributed by atoms with Crippen molar-refractivity contribution >= 4 is 22.8 Å². The summed E-state index contributed by atoms with van der Waals surface area (Å²) in [4.78, 5) is 12.0. The maximum atomic E-state index is 4.83. The van der Waals surface area contributed by atoms with Crippen molar-refractivity contribution in [1.29, 1.82) is 0 Å². The number of hydrogen-bond donors (Lipinski definition) is 0. The van der Waals surface area contributed by atoms with E-state index >= 15 is 0 Å². The van der Waals surface area contributed by atoms with Gasteiger partial charge in [0, 0.05) is 11.4 Å². The molecule has 0 bridgehead atoms. The van der Waals surface area contributed by atoms with Gasteiger partial charge in [0.2, 0.25) is 0 Å². The van der Waals surface area contributed by atoms with E-state index in [1.807, 2.05) is 37.3 Å². The van der Waals surface area contributed by atoms with Crippen LogP contribution in [0.1, 0.15) is 30.1 Å². The van der Waals surface area contributed by atoms with E-state index in [0.29, 0.717) is 5.75 Å². The molecular weight excluding hydrogens is 392 g/mol. The Kier molecular flexibility index (Phi) is 5.46. The lowest BCUT2D eigenvalue weighted by Gasteiger charge is -2.16. The summed E-state index contributed by atoms with van der Waals surface area (Å²) in [7, 11) is 0. The van der Waals surface area contributed by atoms with Gasteiger partial charge in [-0.05, 0) is 57.1 Å². The highest BCUT2D eigenvalue weighted by atomic mass is 32.2. The number of aryl methyl sites for hydroxylation is 1. The largest absolute Gasteiger partial charge is 0.296 e. The lowest BCUT2D eigenvalue weighted by atomic mass is 10.2. The van der Waals surface area contributed by atoms with Gasteiger partial charge in [-0.15, -0.1) is 10.2 Å². The number of fused-ring (bicyclic) bond motifs is 1. The van der Waals surface area contributed by atoms with Crippen molar-refractivity contribution in [3.63, 3.8) is 0 Å². The Morgan fingerprint density at radius 3 is 2.33 bits per heavy atom. The fourth-order valence-corrected chi connectivity index (χ4v) is 4.85. The van der Waals surface area contributed by atoms with Crippen molar-refractivity contribution in [3.8, 4) is 5.69 Å². The van der Waals surface area contributed by atoms with E-state index in [1.54, 1.807) is 11.8 Å². The van der Waals surface area contributed by atoms with Gasteiger partial charge in [0.05, 0.1) is 29.0 Å². The monoisotopic (exact) mass is 416 g/mol. The summed E-state index contributed by atoms with van der Waals surface area (Å²) >= 11 is 1.66. The van der Waals surface area contributed by atoms with Crippen LogP contribution in [0.15, 0.2) is 59.8 Å². The molecule has 2 aromatic heterocycles. The highest BCUT2D eigenvalue weighted by molar-refractivity contribution is 7.98. The smallest absolute Gasteiger partial charge is 0.196 e. The second-order valence-electron chi connectivity index (χ2n) is 7.59. The first-order valence-electron chi connectivity index (χ1n) is 10.3. The standard InChI is InChI=1S/C23H24N6S/c1-17-21(25-20-12-6-5-11-19(20)24-17)16-30-23-27-26-22(15-28-13-7-8-14-28)29(23)18-9-3-2-4-10-18/h2-6,9-12H,7-8,13-16H2,1H3. The zero-order valence-electron chi connectivity index (χ0n) is 17.0. The third-order valence-corrected chi connectivity index (χ3v) is 6.40. The first kappa shape index (κ1) is 19.2. The van der Waals surface area contributed by atoms with E-state index in [0.717, 1.165) is 58.7 Å². The zero-order chi connectivity index (χ0) is 20.3. The van der Waals surface area contributed by atoms with E-state index in [-0.39, 0.29) is 0 Å². The summed E-state index contributed by atoms with van der Waals surface area (Å²) in [5.41, 5.74) is 4.91. The number of hydrogen-bond acceptors (Lipinski definition) is 6. The van der Waals surface area contributed by atoms with Gasteiger partial charge in [-0.25, -0.2) is 9.97 Å². The molecular formula is C23H24N6S. The van der Waals surface area contributed by atoms with Crippen LogP contribution in [0.25, 0.3) is 16.7 Å². The number of rotatable bonds is 6. The topological polar surface area (TPSA) is 59.7 Å². The van der Waals surface area contributed by atoms with Crippen LogP contribution in [0.2, 0.25) is 0 Å². The molecule has 1 aliphatic rings. The fourth-order valence-electron chi connectivity index (χ4n) is 3.87. The summed E-state index contributed by atoms with van der Waals surface area (Å²) in [6.45, 7) is 5.12. The van der Waals surface area contributed by atoms with E-state index in [4.69, 9.17) is 9.97 Å². The first-order valence-corrected chi connectivity index (χ1v) is 11.3. The van der Waals surface area contributed by atoms with Crippen LogP contribution in [-0.4, -0.2) is 42.7 Å². The maximum Gasteiger partial charge on any atom is 0.196 e. The third-order valence-electron chi connectivity index (χ3n) is 5.46. The molecule has 0 amide bonds. The summed E-state index contributed by atoms with van der Waals surface area (Å²) in [6.07, 6.45) is 2.53. The predicted octanol–water partition coefficient (Wildman–Crippen LogP) is 4.41.